The van der Waals surface area contributed by atoms with Gasteiger partial charge in [0.25, 0.3) is 0 Å². The van der Waals surface area contributed by atoms with Crippen LogP contribution in [-0.2, 0) is 9.59 Å². The first-order chi connectivity index (χ1) is 10.1. The predicted molar refractivity (Wildman–Crippen MR) is 79.7 cm³/mol. The number of hydrogen-bond donors (Lipinski definition) is 1. The van der Waals surface area contributed by atoms with Crippen LogP contribution in [0.15, 0.2) is 17.2 Å². The van der Waals surface area contributed by atoms with E-state index in [1.807, 2.05) is 4.90 Å². The van der Waals surface area contributed by atoms with Crippen molar-refractivity contribution in [3.8, 4) is 0 Å². The van der Waals surface area contributed by atoms with Crippen LogP contribution in [0.2, 0.25) is 0 Å². The smallest absolute Gasteiger partial charge is 0.225 e. The molecular formula is C14H15N3O3S. The van der Waals surface area contributed by atoms with E-state index in [0.717, 1.165) is 31.1 Å². The van der Waals surface area contributed by atoms with Crippen molar-refractivity contribution < 1.29 is 14.7 Å². The fourth-order valence-corrected chi connectivity index (χ4v) is 3.22. The molecule has 2 saturated heterocycles. The molecule has 0 bridgehead atoms. The van der Waals surface area contributed by atoms with Crippen molar-refractivity contribution in [1.82, 2.24) is 9.97 Å². The summed E-state index contributed by atoms with van der Waals surface area (Å²) < 4.78 is 0. The van der Waals surface area contributed by atoms with Crippen molar-refractivity contribution in [3.63, 3.8) is 0 Å². The van der Waals surface area contributed by atoms with Gasteiger partial charge in [-0.1, -0.05) is 0 Å². The predicted octanol–water partition coefficient (Wildman–Crippen LogP) is 1.01. The zero-order valence-electron chi connectivity index (χ0n) is 11.4. The summed E-state index contributed by atoms with van der Waals surface area (Å²) in [5.74, 6) is 0.392. The van der Waals surface area contributed by atoms with Gasteiger partial charge in [0.1, 0.15) is 0 Å². The summed E-state index contributed by atoms with van der Waals surface area (Å²) in [5, 5.41) is 9.58. The Morgan fingerprint density at radius 2 is 2.29 bits per heavy atom. The Morgan fingerprint density at radius 3 is 3.00 bits per heavy atom. The van der Waals surface area contributed by atoms with Crippen molar-refractivity contribution in [2.45, 2.75) is 25.4 Å². The highest BCUT2D eigenvalue weighted by molar-refractivity contribution is 8.18. The lowest BCUT2D eigenvalue weighted by atomic mass is 10.1. The molecule has 0 amide bonds. The Bertz CT molecular complexity index is 617. The molecule has 0 aromatic carbocycles. The minimum Gasteiger partial charge on any atom is -0.391 e. The van der Waals surface area contributed by atoms with Gasteiger partial charge in [0.05, 0.1) is 23.1 Å². The second-order valence-corrected chi connectivity index (χ2v) is 6.21. The van der Waals surface area contributed by atoms with Gasteiger partial charge in [0, 0.05) is 19.3 Å². The second-order valence-electron chi connectivity index (χ2n) is 5.11. The minimum atomic E-state index is -0.353. The van der Waals surface area contributed by atoms with Gasteiger partial charge in [-0.25, -0.2) is 9.97 Å². The summed E-state index contributed by atoms with van der Waals surface area (Å²) in [6, 6.07) is 1.70. The summed E-state index contributed by atoms with van der Waals surface area (Å²) in [4.78, 5) is 33.9. The molecule has 0 spiro atoms. The maximum atomic E-state index is 11.6. The number of thioether (sulfide) groups is 1. The number of aliphatic hydroxyl groups excluding tert-OH is 1. The highest BCUT2D eigenvalue weighted by atomic mass is 32.2. The Labute approximate surface area is 126 Å². The van der Waals surface area contributed by atoms with Crippen molar-refractivity contribution in [3.05, 3.63) is 22.9 Å². The van der Waals surface area contributed by atoms with Gasteiger partial charge >= 0.3 is 0 Å². The van der Waals surface area contributed by atoms with E-state index in [4.69, 9.17) is 0 Å². The number of nitrogens with zero attached hydrogens (tertiary/aromatic N) is 3. The normalized spacial score (nSPS) is 24.9. The summed E-state index contributed by atoms with van der Waals surface area (Å²) in [6.07, 6.45) is 4.57. The van der Waals surface area contributed by atoms with Crippen LogP contribution < -0.4 is 4.90 Å². The van der Waals surface area contributed by atoms with Crippen LogP contribution in [0.3, 0.4) is 0 Å². The first-order valence-electron chi connectivity index (χ1n) is 6.83. The third-order valence-electron chi connectivity index (χ3n) is 3.43. The molecule has 2 aliphatic heterocycles. The number of aromatic nitrogens is 2. The van der Waals surface area contributed by atoms with E-state index in [-0.39, 0.29) is 23.4 Å². The molecule has 21 heavy (non-hydrogen) atoms. The van der Waals surface area contributed by atoms with Crippen LogP contribution in [0.5, 0.6) is 0 Å². The van der Waals surface area contributed by atoms with Gasteiger partial charge in [-0.05, 0) is 36.7 Å². The van der Waals surface area contributed by atoms with Crippen LogP contribution in [0.25, 0.3) is 6.08 Å². The Hall–Kier alpha value is -1.73. The second kappa shape index (κ2) is 5.95. The average Bonchev–Trinajstić information content (AvgIpc) is 2.77. The molecule has 1 unspecified atom stereocenters. The zero-order valence-corrected chi connectivity index (χ0v) is 12.2. The number of hydrogen-bond acceptors (Lipinski definition) is 7. The topological polar surface area (TPSA) is 83.4 Å². The first-order valence-corrected chi connectivity index (χ1v) is 7.65. The maximum absolute atomic E-state index is 11.6. The molecule has 6 nitrogen and oxygen atoms in total. The summed E-state index contributed by atoms with van der Waals surface area (Å²) >= 11 is 0.969. The van der Waals surface area contributed by atoms with Gasteiger partial charge in [-0.15, -0.1) is 0 Å². The number of piperidine rings is 1. The minimum absolute atomic E-state index is 0.0350. The number of allylic oxidation sites excluding steroid dienone is 1. The molecule has 1 atom stereocenters. The molecule has 2 fully saturated rings. The highest BCUT2D eigenvalue weighted by Gasteiger charge is 2.26. The van der Waals surface area contributed by atoms with Crippen LogP contribution in [0.4, 0.5) is 5.95 Å². The largest absolute Gasteiger partial charge is 0.391 e. The third-order valence-corrected chi connectivity index (χ3v) is 4.36. The van der Waals surface area contributed by atoms with Gasteiger partial charge in [-0.3, -0.25) is 9.59 Å². The third kappa shape index (κ3) is 3.30. The Morgan fingerprint density at radius 1 is 1.43 bits per heavy atom. The Kier molecular flexibility index (Phi) is 4.03. The lowest BCUT2D eigenvalue weighted by molar-refractivity contribution is -0.119. The molecule has 1 N–H and O–H groups in total. The number of carbonyl (C=O) groups excluding carboxylic acids is 2. The number of rotatable bonds is 2. The van der Waals surface area contributed by atoms with E-state index >= 15 is 0 Å². The molecular weight excluding hydrogens is 290 g/mol. The highest BCUT2D eigenvalue weighted by Crippen LogP contribution is 2.30. The van der Waals surface area contributed by atoms with Crippen LogP contribution >= 0.6 is 11.8 Å². The van der Waals surface area contributed by atoms with E-state index in [1.54, 1.807) is 18.3 Å². The number of anilines is 1. The van der Waals surface area contributed by atoms with Gasteiger partial charge in [0.15, 0.2) is 5.78 Å². The molecule has 0 radical (unpaired) electrons. The molecule has 1 aromatic heterocycles. The number of aliphatic hydroxyl groups is 1. The average molecular weight is 305 g/mol. The maximum Gasteiger partial charge on any atom is 0.225 e. The van der Waals surface area contributed by atoms with Crippen molar-refractivity contribution in [2.75, 3.05) is 18.0 Å². The molecule has 3 rings (SSSR count). The standard InChI is InChI=1S/C14H15N3O3S/c18-10-2-1-5-17(8-10)14-15-4-3-9(16-14)6-12-11(19)7-13(20)21-12/h3-4,6,10,18H,1-2,5,7-8H2/b12-6-. The number of ketones is 1. The molecule has 110 valence electrons. The van der Waals surface area contributed by atoms with E-state index in [0.29, 0.717) is 23.1 Å². The fraction of sp³-hybridized carbons (Fsp3) is 0.429. The van der Waals surface area contributed by atoms with Crippen LogP contribution in [-0.4, -0.2) is 45.2 Å². The quantitative estimate of drug-likeness (QED) is 0.645. The fourth-order valence-electron chi connectivity index (χ4n) is 2.41. The SMILES string of the molecule is O=C1CC(=O)/C(=C/c2ccnc(N3CCCC(O)C3)n2)S1. The first kappa shape index (κ1) is 14.2. The summed E-state index contributed by atoms with van der Waals surface area (Å²) in [6.45, 7) is 1.33. The number of β-amino-alcohol motifs (C(OH)–C–C–N with tert-alkyl or cyclic N) is 1. The molecule has 3 heterocycles. The summed E-state index contributed by atoms with van der Waals surface area (Å²) in [5.41, 5.74) is 0.602. The van der Waals surface area contributed by atoms with Crippen LogP contribution in [0.1, 0.15) is 25.0 Å². The van der Waals surface area contributed by atoms with Crippen molar-refractivity contribution >= 4 is 34.7 Å². The number of carbonyl (C=O) groups is 2. The van der Waals surface area contributed by atoms with Gasteiger partial charge in [-0.2, -0.15) is 0 Å². The monoisotopic (exact) mass is 305 g/mol. The molecule has 2 aliphatic rings. The van der Waals surface area contributed by atoms with E-state index in [2.05, 4.69) is 9.97 Å². The molecule has 0 saturated carbocycles. The van der Waals surface area contributed by atoms with E-state index < -0.39 is 0 Å². The van der Waals surface area contributed by atoms with Crippen molar-refractivity contribution in [2.24, 2.45) is 0 Å². The van der Waals surface area contributed by atoms with Gasteiger partial charge < -0.3 is 10.0 Å². The lowest BCUT2D eigenvalue weighted by Gasteiger charge is -2.30. The molecule has 0 aliphatic carbocycles. The zero-order chi connectivity index (χ0) is 14.8. The van der Waals surface area contributed by atoms with Crippen molar-refractivity contribution in [1.29, 1.82) is 0 Å². The molecule has 7 heteroatoms. The molecule has 1 aromatic rings. The van der Waals surface area contributed by atoms with Gasteiger partial charge in [0.2, 0.25) is 11.1 Å². The lowest BCUT2D eigenvalue weighted by Crippen LogP contribution is -2.39. The van der Waals surface area contributed by atoms with Crippen LogP contribution in [0, 0.1) is 0 Å². The number of Topliss-reactive ketones (excluding diaryl/α,β-unsaturated/α-hetero) is 1. The van der Waals surface area contributed by atoms with E-state index in [1.165, 1.54) is 0 Å². The Balaban J connectivity index is 1.82. The summed E-state index contributed by atoms with van der Waals surface area (Å²) in [7, 11) is 0. The van der Waals surface area contributed by atoms with E-state index in [9.17, 15) is 14.7 Å².